The fourth-order valence-electron chi connectivity index (χ4n) is 2.18. The number of para-hydroxylation sites is 1. The van der Waals surface area contributed by atoms with E-state index >= 15 is 0 Å². The summed E-state index contributed by atoms with van der Waals surface area (Å²) in [6.45, 7) is 3.99. The van der Waals surface area contributed by atoms with Crippen molar-refractivity contribution in [2.75, 3.05) is 38.2 Å². The SMILES string of the molecule is COc1cccc2[nH]c(N3CCNCC3)nc12. The summed E-state index contributed by atoms with van der Waals surface area (Å²) >= 11 is 0. The molecule has 0 saturated carbocycles. The zero-order chi connectivity index (χ0) is 11.7. The van der Waals surface area contributed by atoms with Crippen molar-refractivity contribution in [3.05, 3.63) is 18.2 Å². The lowest BCUT2D eigenvalue weighted by molar-refractivity contribution is 0.419. The number of nitrogens with one attached hydrogen (secondary N) is 2. The molecule has 5 nitrogen and oxygen atoms in total. The van der Waals surface area contributed by atoms with E-state index in [9.17, 15) is 0 Å². The molecule has 2 N–H and O–H groups in total. The minimum absolute atomic E-state index is 0.820. The Hall–Kier alpha value is -1.75. The van der Waals surface area contributed by atoms with E-state index in [-0.39, 0.29) is 0 Å². The second-order valence-corrected chi connectivity index (χ2v) is 4.15. The van der Waals surface area contributed by atoms with E-state index in [1.54, 1.807) is 7.11 Å². The van der Waals surface area contributed by atoms with Gasteiger partial charge >= 0.3 is 0 Å². The summed E-state index contributed by atoms with van der Waals surface area (Å²) in [6, 6.07) is 5.93. The largest absolute Gasteiger partial charge is 0.494 e. The highest BCUT2D eigenvalue weighted by Gasteiger charge is 2.15. The Morgan fingerprint density at radius 2 is 2.12 bits per heavy atom. The standard InChI is InChI=1S/C12H16N4O/c1-17-10-4-2-3-9-11(10)15-12(14-9)16-7-5-13-6-8-16/h2-4,13H,5-8H2,1H3,(H,14,15). The molecular weight excluding hydrogens is 216 g/mol. The second kappa shape index (κ2) is 4.25. The van der Waals surface area contributed by atoms with Crippen LogP contribution in [-0.2, 0) is 0 Å². The molecule has 1 aromatic carbocycles. The number of ether oxygens (including phenoxy) is 1. The van der Waals surface area contributed by atoms with Crippen molar-refractivity contribution < 1.29 is 4.74 Å². The fraction of sp³-hybridized carbons (Fsp3) is 0.417. The van der Waals surface area contributed by atoms with Crippen molar-refractivity contribution in [1.29, 1.82) is 0 Å². The van der Waals surface area contributed by atoms with Crippen LogP contribution in [0.2, 0.25) is 0 Å². The first-order valence-electron chi connectivity index (χ1n) is 5.87. The third kappa shape index (κ3) is 1.82. The molecule has 90 valence electrons. The number of methoxy groups -OCH3 is 1. The third-order valence-electron chi connectivity index (χ3n) is 3.10. The number of piperazine rings is 1. The summed E-state index contributed by atoms with van der Waals surface area (Å²) in [5.74, 6) is 1.76. The molecule has 5 heteroatoms. The van der Waals surface area contributed by atoms with Gasteiger partial charge in [0, 0.05) is 26.2 Å². The maximum Gasteiger partial charge on any atom is 0.204 e. The van der Waals surface area contributed by atoms with Crippen LogP contribution in [0.3, 0.4) is 0 Å². The second-order valence-electron chi connectivity index (χ2n) is 4.15. The van der Waals surface area contributed by atoms with Gasteiger partial charge in [-0.3, -0.25) is 0 Å². The Morgan fingerprint density at radius 3 is 2.88 bits per heavy atom. The normalized spacial score (nSPS) is 16.4. The monoisotopic (exact) mass is 232 g/mol. The molecule has 1 saturated heterocycles. The van der Waals surface area contributed by atoms with E-state index in [4.69, 9.17) is 4.74 Å². The lowest BCUT2D eigenvalue weighted by Crippen LogP contribution is -2.44. The number of anilines is 1. The Balaban J connectivity index is 2.00. The Kier molecular flexibility index (Phi) is 2.60. The number of hydrogen-bond donors (Lipinski definition) is 2. The number of aromatic nitrogens is 2. The van der Waals surface area contributed by atoms with Crippen LogP contribution < -0.4 is 15.0 Å². The van der Waals surface area contributed by atoms with Crippen LogP contribution in [0.1, 0.15) is 0 Å². The van der Waals surface area contributed by atoms with E-state index in [1.807, 2.05) is 18.2 Å². The molecule has 1 aliphatic rings. The topological polar surface area (TPSA) is 53.2 Å². The van der Waals surface area contributed by atoms with E-state index in [0.717, 1.165) is 48.9 Å². The predicted molar refractivity (Wildman–Crippen MR) is 67.7 cm³/mol. The average molecular weight is 232 g/mol. The van der Waals surface area contributed by atoms with Gasteiger partial charge < -0.3 is 19.9 Å². The summed E-state index contributed by atoms with van der Waals surface area (Å²) in [4.78, 5) is 10.2. The summed E-state index contributed by atoms with van der Waals surface area (Å²) in [6.07, 6.45) is 0. The molecule has 0 aliphatic carbocycles. The molecule has 0 atom stereocenters. The molecule has 2 aromatic rings. The van der Waals surface area contributed by atoms with Crippen molar-refractivity contribution in [2.45, 2.75) is 0 Å². The number of fused-ring (bicyclic) bond motifs is 1. The molecule has 2 heterocycles. The highest BCUT2D eigenvalue weighted by atomic mass is 16.5. The van der Waals surface area contributed by atoms with Crippen molar-refractivity contribution in [3.8, 4) is 5.75 Å². The molecule has 1 aromatic heterocycles. The Morgan fingerprint density at radius 1 is 1.29 bits per heavy atom. The van der Waals surface area contributed by atoms with Crippen LogP contribution in [0, 0.1) is 0 Å². The van der Waals surface area contributed by atoms with Gasteiger partial charge in [0.2, 0.25) is 5.95 Å². The van der Waals surface area contributed by atoms with Crippen molar-refractivity contribution in [1.82, 2.24) is 15.3 Å². The Labute approximate surface area is 99.8 Å². The summed E-state index contributed by atoms with van der Waals surface area (Å²) in [7, 11) is 1.67. The molecule has 17 heavy (non-hydrogen) atoms. The minimum Gasteiger partial charge on any atom is -0.494 e. The van der Waals surface area contributed by atoms with Crippen LogP contribution in [-0.4, -0.2) is 43.3 Å². The van der Waals surface area contributed by atoms with Crippen LogP contribution >= 0.6 is 0 Å². The van der Waals surface area contributed by atoms with E-state index in [1.165, 1.54) is 0 Å². The molecule has 3 rings (SSSR count). The summed E-state index contributed by atoms with van der Waals surface area (Å²) in [5.41, 5.74) is 1.93. The lowest BCUT2D eigenvalue weighted by Gasteiger charge is -2.26. The smallest absolute Gasteiger partial charge is 0.204 e. The average Bonchev–Trinajstić information content (AvgIpc) is 2.83. The molecule has 1 aliphatic heterocycles. The third-order valence-corrected chi connectivity index (χ3v) is 3.10. The van der Waals surface area contributed by atoms with Gasteiger partial charge in [0.25, 0.3) is 0 Å². The lowest BCUT2D eigenvalue weighted by atomic mass is 10.3. The first kappa shape index (κ1) is 10.4. The molecule has 0 unspecified atom stereocenters. The van der Waals surface area contributed by atoms with Crippen molar-refractivity contribution in [2.24, 2.45) is 0 Å². The van der Waals surface area contributed by atoms with Crippen LogP contribution in [0.4, 0.5) is 5.95 Å². The molecule has 1 fully saturated rings. The zero-order valence-electron chi connectivity index (χ0n) is 9.86. The van der Waals surface area contributed by atoms with Gasteiger partial charge in [0.05, 0.1) is 12.6 Å². The number of benzene rings is 1. The van der Waals surface area contributed by atoms with E-state index in [2.05, 4.69) is 20.2 Å². The minimum atomic E-state index is 0.820. The maximum atomic E-state index is 5.31. The van der Waals surface area contributed by atoms with Crippen molar-refractivity contribution >= 4 is 17.0 Å². The molecule has 0 bridgehead atoms. The van der Waals surface area contributed by atoms with Crippen molar-refractivity contribution in [3.63, 3.8) is 0 Å². The zero-order valence-corrected chi connectivity index (χ0v) is 9.86. The van der Waals surface area contributed by atoms with Crippen LogP contribution in [0.15, 0.2) is 18.2 Å². The van der Waals surface area contributed by atoms with Gasteiger partial charge in [-0.15, -0.1) is 0 Å². The highest BCUT2D eigenvalue weighted by Crippen LogP contribution is 2.25. The van der Waals surface area contributed by atoms with Gasteiger partial charge in [-0.2, -0.15) is 0 Å². The highest BCUT2D eigenvalue weighted by molar-refractivity contribution is 5.83. The Bertz CT molecular complexity index is 516. The van der Waals surface area contributed by atoms with E-state index in [0.29, 0.717) is 0 Å². The first-order valence-corrected chi connectivity index (χ1v) is 5.87. The van der Waals surface area contributed by atoms with Gasteiger partial charge in [-0.1, -0.05) is 6.07 Å². The van der Waals surface area contributed by atoms with Gasteiger partial charge in [-0.25, -0.2) is 4.98 Å². The number of H-pyrrole nitrogens is 1. The fourth-order valence-corrected chi connectivity index (χ4v) is 2.18. The molecule has 0 spiro atoms. The number of nitrogens with zero attached hydrogens (tertiary/aromatic N) is 2. The van der Waals surface area contributed by atoms with Crippen LogP contribution in [0.5, 0.6) is 5.75 Å². The number of imidazole rings is 1. The predicted octanol–water partition coefficient (Wildman–Crippen LogP) is 0.981. The maximum absolute atomic E-state index is 5.31. The van der Waals surface area contributed by atoms with E-state index < -0.39 is 0 Å². The van der Waals surface area contributed by atoms with Gasteiger partial charge in [0.15, 0.2) is 0 Å². The number of hydrogen-bond acceptors (Lipinski definition) is 4. The molecule has 0 amide bonds. The summed E-state index contributed by atoms with van der Waals surface area (Å²) < 4.78 is 5.31. The van der Waals surface area contributed by atoms with Crippen LogP contribution in [0.25, 0.3) is 11.0 Å². The molecule has 0 radical (unpaired) electrons. The number of aromatic amines is 1. The first-order chi connectivity index (χ1) is 8.38. The summed E-state index contributed by atoms with van der Waals surface area (Å²) in [5, 5.41) is 3.33. The van der Waals surface area contributed by atoms with Gasteiger partial charge in [-0.05, 0) is 12.1 Å². The van der Waals surface area contributed by atoms with Gasteiger partial charge in [0.1, 0.15) is 11.3 Å². The quantitative estimate of drug-likeness (QED) is 0.810. The molecular formula is C12H16N4O. The number of rotatable bonds is 2.